The van der Waals surface area contributed by atoms with E-state index >= 15 is 0 Å². The van der Waals surface area contributed by atoms with Gasteiger partial charge in [0.2, 0.25) is 0 Å². The quantitative estimate of drug-likeness (QED) is 0.670. The predicted molar refractivity (Wildman–Crippen MR) is 102 cm³/mol. The molecule has 28 heavy (non-hydrogen) atoms. The smallest absolute Gasteiger partial charge is 0.299 e. The van der Waals surface area contributed by atoms with E-state index in [0.717, 1.165) is 42.2 Å². The van der Waals surface area contributed by atoms with Crippen LogP contribution in [0.25, 0.3) is 16.6 Å². The zero-order chi connectivity index (χ0) is 19.6. The molecule has 0 atom stereocenters. The van der Waals surface area contributed by atoms with E-state index in [0.29, 0.717) is 18.7 Å². The third kappa shape index (κ3) is 4.20. The molecule has 0 saturated heterocycles. The fraction of sp³-hybridized carbons (Fsp3) is 0.286. The summed E-state index contributed by atoms with van der Waals surface area (Å²) in [6, 6.07) is 10.2. The molecule has 3 heterocycles. The van der Waals surface area contributed by atoms with Crippen LogP contribution in [0.5, 0.6) is 0 Å². The van der Waals surface area contributed by atoms with Gasteiger partial charge in [-0.2, -0.15) is 13.2 Å². The molecule has 0 fully saturated rings. The van der Waals surface area contributed by atoms with Gasteiger partial charge in [0.05, 0.1) is 16.7 Å². The molecule has 4 rings (SSSR count). The maximum absolute atomic E-state index is 12.9. The van der Waals surface area contributed by atoms with E-state index in [1.807, 2.05) is 12.1 Å². The summed E-state index contributed by atoms with van der Waals surface area (Å²) in [5, 5.41) is 0. The lowest BCUT2D eigenvalue weighted by atomic mass is 10.0. The monoisotopic (exact) mass is 384 g/mol. The average molecular weight is 384 g/mol. The van der Waals surface area contributed by atoms with Crippen molar-refractivity contribution in [3.63, 3.8) is 0 Å². The molecule has 1 aliphatic heterocycles. The third-order valence-electron chi connectivity index (χ3n) is 4.91. The number of halogens is 3. The summed E-state index contributed by atoms with van der Waals surface area (Å²) < 4.78 is 38.6. The van der Waals surface area contributed by atoms with Crippen molar-refractivity contribution in [2.75, 3.05) is 19.6 Å². The molecular formula is C21H19F3N4. The molecule has 0 saturated carbocycles. The Kier molecular flexibility index (Phi) is 5.09. The fourth-order valence-electron chi connectivity index (χ4n) is 3.37. The van der Waals surface area contributed by atoms with Crippen molar-refractivity contribution < 1.29 is 13.2 Å². The van der Waals surface area contributed by atoms with Gasteiger partial charge in [-0.25, -0.2) is 4.98 Å². The maximum atomic E-state index is 12.9. The zero-order valence-corrected chi connectivity index (χ0v) is 15.2. The Labute approximate surface area is 160 Å². The van der Waals surface area contributed by atoms with Crippen molar-refractivity contribution in [3.05, 3.63) is 71.8 Å². The molecule has 1 aromatic carbocycles. The number of aromatic nitrogens is 3. The highest BCUT2D eigenvalue weighted by Gasteiger charge is 2.32. The molecule has 7 heteroatoms. The molecule has 0 unspecified atom stereocenters. The number of alkyl halides is 3. The topological polar surface area (TPSA) is 41.9 Å². The predicted octanol–water partition coefficient (Wildman–Crippen LogP) is 4.38. The highest BCUT2D eigenvalue weighted by Crippen LogP contribution is 2.29. The number of rotatable bonds is 4. The summed E-state index contributed by atoms with van der Waals surface area (Å²) in [6.07, 6.45) is 2.51. The summed E-state index contributed by atoms with van der Waals surface area (Å²) in [6.45, 7) is 2.39. The molecular weight excluding hydrogens is 365 g/mol. The Hall–Kier alpha value is -2.80. The van der Waals surface area contributed by atoms with Gasteiger partial charge >= 0.3 is 6.18 Å². The highest BCUT2D eigenvalue weighted by atomic mass is 19.4. The van der Waals surface area contributed by atoms with E-state index in [4.69, 9.17) is 0 Å². The second-order valence-electron chi connectivity index (χ2n) is 6.82. The summed E-state index contributed by atoms with van der Waals surface area (Å²) in [4.78, 5) is 14.7. The molecule has 0 spiro atoms. The number of fused-ring (bicyclic) bond motifs is 1. The van der Waals surface area contributed by atoms with Gasteiger partial charge in [0.15, 0.2) is 0 Å². The van der Waals surface area contributed by atoms with Crippen molar-refractivity contribution in [2.45, 2.75) is 19.0 Å². The van der Waals surface area contributed by atoms with E-state index in [9.17, 15) is 13.2 Å². The van der Waals surface area contributed by atoms with Crippen molar-refractivity contribution in [3.8, 4) is 0 Å². The van der Waals surface area contributed by atoms with Gasteiger partial charge in [-0.15, -0.1) is 0 Å². The Balaban J connectivity index is 1.38. The number of hydrogen-bond donors (Lipinski definition) is 0. The Morgan fingerprint density at radius 3 is 2.57 bits per heavy atom. The van der Waals surface area contributed by atoms with Gasteiger partial charge in [-0.1, -0.05) is 18.2 Å². The first-order chi connectivity index (χ1) is 13.5. The first-order valence-electron chi connectivity index (χ1n) is 9.15. The minimum Gasteiger partial charge on any atom is -0.299 e. The number of benzene rings is 1. The lowest BCUT2D eigenvalue weighted by Gasteiger charge is -2.26. The minimum absolute atomic E-state index is 0.419. The van der Waals surface area contributed by atoms with Crippen molar-refractivity contribution in [1.29, 1.82) is 0 Å². The maximum Gasteiger partial charge on any atom is 0.433 e. The van der Waals surface area contributed by atoms with E-state index in [1.165, 1.54) is 11.6 Å². The number of hydrogen-bond acceptors (Lipinski definition) is 4. The Morgan fingerprint density at radius 2 is 1.82 bits per heavy atom. The zero-order valence-electron chi connectivity index (χ0n) is 15.2. The van der Waals surface area contributed by atoms with Crippen LogP contribution in [-0.2, 0) is 12.6 Å². The molecule has 2 aromatic heterocycles. The molecule has 144 valence electrons. The third-order valence-corrected chi connectivity index (χ3v) is 4.91. The van der Waals surface area contributed by atoms with E-state index in [-0.39, 0.29) is 0 Å². The summed E-state index contributed by atoms with van der Waals surface area (Å²) in [5.74, 6) is 0. The normalized spacial score (nSPS) is 15.6. The summed E-state index contributed by atoms with van der Waals surface area (Å²) >= 11 is 0. The lowest BCUT2D eigenvalue weighted by Crippen LogP contribution is -2.30. The molecule has 0 aliphatic carbocycles. The van der Waals surface area contributed by atoms with Gasteiger partial charge in [0, 0.05) is 32.0 Å². The van der Waals surface area contributed by atoms with Crippen molar-refractivity contribution in [2.24, 2.45) is 0 Å². The van der Waals surface area contributed by atoms with Crippen LogP contribution in [0.15, 0.2) is 54.9 Å². The molecule has 0 radical (unpaired) electrons. The number of nitrogens with zero attached hydrogens (tertiary/aromatic N) is 4. The van der Waals surface area contributed by atoms with Crippen LogP contribution in [0.3, 0.4) is 0 Å². The minimum atomic E-state index is -4.42. The van der Waals surface area contributed by atoms with Crippen LogP contribution in [-0.4, -0.2) is 39.5 Å². The Bertz CT molecular complexity index is 1010. The van der Waals surface area contributed by atoms with E-state index in [2.05, 4.69) is 32.0 Å². The largest absolute Gasteiger partial charge is 0.433 e. The Morgan fingerprint density at radius 1 is 1.00 bits per heavy atom. The first-order valence-corrected chi connectivity index (χ1v) is 9.15. The van der Waals surface area contributed by atoms with Crippen molar-refractivity contribution in [1.82, 2.24) is 19.9 Å². The van der Waals surface area contributed by atoms with Gasteiger partial charge in [0.1, 0.15) is 5.69 Å². The van der Waals surface area contributed by atoms with Crippen LogP contribution in [0, 0.1) is 0 Å². The second-order valence-corrected chi connectivity index (χ2v) is 6.82. The number of pyridine rings is 1. The van der Waals surface area contributed by atoms with Crippen LogP contribution in [0.4, 0.5) is 13.2 Å². The fourth-order valence-corrected chi connectivity index (χ4v) is 3.37. The molecule has 0 N–H and O–H groups in total. The van der Waals surface area contributed by atoms with Gasteiger partial charge < -0.3 is 0 Å². The van der Waals surface area contributed by atoms with Gasteiger partial charge in [-0.3, -0.25) is 14.9 Å². The van der Waals surface area contributed by atoms with Crippen LogP contribution >= 0.6 is 0 Å². The second kappa shape index (κ2) is 7.67. The molecule has 1 aliphatic rings. The SMILES string of the molecule is FC(F)(F)c1cccc(C2=CCN(CCc3ccc4nccnc4c3)CC2)n1. The standard InChI is InChI=1S/C21H19F3N4/c22-21(23,24)20-3-1-2-17(27-20)16-7-12-28(13-8-16)11-6-15-4-5-18-19(14-15)26-10-9-25-18/h1-5,7,9-10,14H,6,8,11-13H2. The van der Waals surface area contributed by atoms with Crippen molar-refractivity contribution >= 4 is 16.6 Å². The van der Waals surface area contributed by atoms with E-state index in [1.54, 1.807) is 18.5 Å². The molecule has 0 bridgehead atoms. The highest BCUT2D eigenvalue weighted by molar-refractivity contribution is 5.74. The van der Waals surface area contributed by atoms with Crippen LogP contribution < -0.4 is 0 Å². The van der Waals surface area contributed by atoms with Crippen LogP contribution in [0.1, 0.15) is 23.4 Å². The molecule has 0 amide bonds. The average Bonchev–Trinajstić information content (AvgIpc) is 2.72. The van der Waals surface area contributed by atoms with Gasteiger partial charge in [-0.05, 0) is 48.2 Å². The van der Waals surface area contributed by atoms with E-state index < -0.39 is 11.9 Å². The summed E-state index contributed by atoms with van der Waals surface area (Å²) in [5.41, 5.74) is 3.42. The lowest BCUT2D eigenvalue weighted by molar-refractivity contribution is -0.141. The summed E-state index contributed by atoms with van der Waals surface area (Å²) in [7, 11) is 0. The van der Waals surface area contributed by atoms with Crippen LogP contribution in [0.2, 0.25) is 0 Å². The molecule has 3 aromatic rings. The van der Waals surface area contributed by atoms with Gasteiger partial charge in [0.25, 0.3) is 0 Å². The first kappa shape index (κ1) is 18.6. The molecule has 4 nitrogen and oxygen atoms in total.